The van der Waals surface area contributed by atoms with E-state index in [-0.39, 0.29) is 98.0 Å². The molecule has 1 fully saturated rings. The van der Waals surface area contributed by atoms with Crippen molar-refractivity contribution in [3.05, 3.63) is 32.7 Å². The van der Waals surface area contributed by atoms with E-state index >= 15 is 0 Å². The van der Waals surface area contributed by atoms with E-state index in [9.17, 15) is 29.4 Å². The number of rotatable bonds is 8. The average molecular weight is 599 g/mol. The van der Waals surface area contributed by atoms with E-state index in [4.69, 9.17) is 10.6 Å². The summed E-state index contributed by atoms with van der Waals surface area (Å²) in [5.74, 6) is -3.74. The minimum absolute atomic E-state index is 0. The number of amides is 2. The molecule has 2 aromatic heterocycles. The molecule has 2 aliphatic heterocycles. The van der Waals surface area contributed by atoms with Gasteiger partial charge in [-0.15, -0.1) is 23.1 Å². The van der Waals surface area contributed by atoms with Crippen LogP contribution < -0.4 is 85.9 Å². The van der Waals surface area contributed by atoms with Crippen LogP contribution >= 0.6 is 34.9 Å². The van der Waals surface area contributed by atoms with E-state index < -0.39 is 40.6 Å². The van der Waals surface area contributed by atoms with Crippen molar-refractivity contribution in [1.82, 2.24) is 30.0 Å². The van der Waals surface area contributed by atoms with Crippen molar-refractivity contribution in [1.29, 1.82) is 0 Å². The van der Waals surface area contributed by atoms with Gasteiger partial charge in [0, 0.05) is 23.9 Å². The minimum Gasteiger partial charge on any atom is -0.854 e. The molecule has 4 rings (SSSR count). The number of aryl methyl sites for hydroxylation is 1. The van der Waals surface area contributed by atoms with Gasteiger partial charge in [-0.1, -0.05) is 16.9 Å². The molecule has 4 heterocycles. The second-order valence-electron chi connectivity index (χ2n) is 7.21. The molecule has 3 N–H and O–H groups in total. The van der Waals surface area contributed by atoms with Crippen LogP contribution in [0.4, 0.5) is 5.13 Å². The number of carboxylic acids is 1. The van der Waals surface area contributed by atoms with E-state index in [0.717, 1.165) is 32.7 Å². The Labute approximate surface area is 271 Å². The molecule has 0 radical (unpaired) electrons. The van der Waals surface area contributed by atoms with E-state index in [0.29, 0.717) is 5.57 Å². The Kier molecular flexibility index (Phi) is 11.7. The van der Waals surface area contributed by atoms with Gasteiger partial charge in [0.1, 0.15) is 24.2 Å². The Balaban J connectivity index is 0.00000253. The third kappa shape index (κ3) is 6.56. The third-order valence-electron chi connectivity index (χ3n) is 4.96. The summed E-state index contributed by atoms with van der Waals surface area (Å²) in [6.07, 6.45) is 0. The van der Waals surface area contributed by atoms with E-state index in [1.807, 2.05) is 0 Å². The van der Waals surface area contributed by atoms with Crippen LogP contribution in [0.5, 0.6) is 5.88 Å². The van der Waals surface area contributed by atoms with Crippen LogP contribution in [0.1, 0.15) is 5.69 Å². The third-order valence-corrected chi connectivity index (χ3v) is 8.08. The minimum atomic E-state index is -1.57. The Morgan fingerprint density at radius 2 is 2.05 bits per heavy atom. The van der Waals surface area contributed by atoms with Gasteiger partial charge in [-0.3, -0.25) is 19.3 Å². The first-order valence-electron chi connectivity index (χ1n) is 9.89. The number of carbonyl (C=O) groups excluding carboxylic acids is 3. The largest absolute Gasteiger partial charge is 1.00 e. The predicted octanol–water partition coefficient (Wildman–Crippen LogP) is -9.16. The van der Waals surface area contributed by atoms with Gasteiger partial charge in [-0.05, 0) is 5.57 Å². The fourth-order valence-electron chi connectivity index (χ4n) is 3.39. The number of carboxylic acid groups (broad SMARTS) is 1. The molecule has 0 bridgehead atoms. The van der Waals surface area contributed by atoms with Crippen LogP contribution in [0.25, 0.3) is 0 Å². The van der Waals surface area contributed by atoms with Crippen molar-refractivity contribution >= 4 is 63.5 Å². The second-order valence-corrected chi connectivity index (χ2v) is 10.1. The maximum atomic E-state index is 12.9. The molecule has 2 amide bonds. The number of aromatic nitrogens is 4. The molecule has 2 aliphatic rings. The summed E-state index contributed by atoms with van der Waals surface area (Å²) in [5.41, 5.74) is 4.57. The van der Waals surface area contributed by atoms with Crippen LogP contribution in [-0.4, -0.2) is 78.2 Å². The van der Waals surface area contributed by atoms with E-state index in [2.05, 4.69) is 25.5 Å². The number of thiazole rings is 1. The van der Waals surface area contributed by atoms with Crippen LogP contribution in [-0.2, 0) is 26.3 Å². The SMILES string of the molecule is CO/N=C(/C(=O)N[C@@H]1C(=O)N2C(C(=O)[O-])=C(CSc3nc(=O)c([O-])nn3C)CS[C@H]12)c1csc(N)n1.[Na+].[Na+]. The standard InChI is InChI=1S/C18H18N8O7S3.2Na/c1-25-18(22-12(28)13(29)23-25)36-4-6-3-34-15-9(14(30)26(15)10(6)16(31)32)21-11(27)8(24-33-2)7-5-35-17(19)20-7;;/h5,9,15H,3-4H2,1-2H3,(H2,19,20)(H,21,27)(H,23,29)(H,31,32);;/q;2*+1/p-2/b24-8+;;/t9-,15-;;/m1../s1. The normalized spacial score (nSPS) is 18.5. The summed E-state index contributed by atoms with van der Waals surface area (Å²) in [5, 5.41) is 34.1. The van der Waals surface area contributed by atoms with Crippen molar-refractivity contribution in [2.24, 2.45) is 12.2 Å². The van der Waals surface area contributed by atoms with Gasteiger partial charge in [0.25, 0.3) is 17.4 Å². The van der Waals surface area contributed by atoms with Crippen molar-refractivity contribution in [3.8, 4) is 5.88 Å². The quantitative estimate of drug-likeness (QED) is 0.0949. The summed E-state index contributed by atoms with van der Waals surface area (Å²) in [6, 6.07) is -1.03. The summed E-state index contributed by atoms with van der Waals surface area (Å²) < 4.78 is 1.11. The zero-order chi connectivity index (χ0) is 26.1. The number of nitrogen functional groups attached to an aromatic ring is 1. The molecule has 20 heteroatoms. The zero-order valence-electron chi connectivity index (χ0n) is 20.5. The average Bonchev–Trinajstić information content (AvgIpc) is 3.27. The number of aliphatic carboxylic acids is 1. The summed E-state index contributed by atoms with van der Waals surface area (Å²) >= 11 is 3.31. The van der Waals surface area contributed by atoms with Gasteiger partial charge in [0.15, 0.2) is 16.0 Å². The molecule has 190 valence electrons. The second kappa shape index (κ2) is 13.6. The van der Waals surface area contributed by atoms with Crippen molar-refractivity contribution in [2.75, 3.05) is 24.3 Å². The van der Waals surface area contributed by atoms with Gasteiger partial charge < -0.3 is 30.9 Å². The smallest absolute Gasteiger partial charge is 0.854 e. The Hall–Kier alpha value is -1.64. The predicted molar refractivity (Wildman–Crippen MR) is 125 cm³/mol. The van der Waals surface area contributed by atoms with Crippen molar-refractivity contribution in [3.63, 3.8) is 0 Å². The molecular formula is C18H16N8Na2O7S3. The number of nitrogens with zero attached hydrogens (tertiary/aromatic N) is 6. The van der Waals surface area contributed by atoms with Gasteiger partial charge in [-0.25, -0.2) is 9.67 Å². The number of hydrogen-bond donors (Lipinski definition) is 2. The van der Waals surface area contributed by atoms with E-state index in [1.165, 1.54) is 31.3 Å². The molecule has 1 saturated heterocycles. The number of hydrogen-bond acceptors (Lipinski definition) is 15. The number of nitrogens with one attached hydrogen (secondary N) is 1. The number of oxime groups is 1. The van der Waals surface area contributed by atoms with Crippen LogP contribution in [0.3, 0.4) is 0 Å². The number of fused-ring (bicyclic) bond motifs is 1. The Morgan fingerprint density at radius 3 is 2.66 bits per heavy atom. The molecule has 2 aromatic rings. The molecule has 0 saturated carbocycles. The van der Waals surface area contributed by atoms with E-state index in [1.54, 1.807) is 0 Å². The molecule has 38 heavy (non-hydrogen) atoms. The van der Waals surface area contributed by atoms with Crippen LogP contribution in [0.2, 0.25) is 0 Å². The number of anilines is 1. The maximum Gasteiger partial charge on any atom is 1.00 e. The molecule has 0 aliphatic carbocycles. The molecule has 0 unspecified atom stereocenters. The summed E-state index contributed by atoms with van der Waals surface area (Å²) in [7, 11) is 2.66. The van der Waals surface area contributed by atoms with Crippen molar-refractivity contribution in [2.45, 2.75) is 16.6 Å². The van der Waals surface area contributed by atoms with Gasteiger partial charge in [0.2, 0.25) is 0 Å². The Morgan fingerprint density at radius 1 is 1.34 bits per heavy atom. The Bertz CT molecular complexity index is 1380. The van der Waals surface area contributed by atoms with Crippen LogP contribution in [0.15, 0.2) is 31.8 Å². The number of carbonyl (C=O) groups is 3. The molecule has 2 atom stereocenters. The first-order valence-corrected chi connectivity index (χ1v) is 12.8. The fourth-order valence-corrected chi connectivity index (χ4v) is 6.33. The first-order chi connectivity index (χ1) is 17.1. The van der Waals surface area contributed by atoms with Crippen LogP contribution in [0, 0.1) is 0 Å². The van der Waals surface area contributed by atoms with Gasteiger partial charge in [-0.2, -0.15) is 10.1 Å². The monoisotopic (exact) mass is 598 g/mol. The molecule has 0 aromatic carbocycles. The van der Waals surface area contributed by atoms with Crippen molar-refractivity contribution < 1.29 is 88.5 Å². The molecular weight excluding hydrogens is 582 g/mol. The van der Waals surface area contributed by atoms with Gasteiger partial charge in [0.05, 0.1) is 17.5 Å². The summed E-state index contributed by atoms with van der Waals surface area (Å²) in [4.78, 5) is 62.5. The number of nitrogens with two attached hydrogens (primary N) is 1. The van der Waals surface area contributed by atoms with Gasteiger partial charge >= 0.3 is 59.1 Å². The molecule has 0 spiro atoms. The summed E-state index contributed by atoms with van der Waals surface area (Å²) in [6.45, 7) is 0. The fraction of sp³-hybridized carbons (Fsp3) is 0.333. The molecule has 15 nitrogen and oxygen atoms in total. The topological polar surface area (TPSA) is 221 Å². The zero-order valence-corrected chi connectivity index (χ0v) is 26.9. The maximum absolute atomic E-state index is 12.9. The number of thioether (sulfide) groups is 2. The first kappa shape index (κ1) is 32.6. The number of β-lactam (4-membered cyclic amide) rings is 1.